The Labute approximate surface area is 198 Å². The minimum absolute atomic E-state index is 0.0169. The van der Waals surface area contributed by atoms with E-state index in [4.69, 9.17) is 11.6 Å². The van der Waals surface area contributed by atoms with E-state index in [9.17, 15) is 15.0 Å². The lowest BCUT2D eigenvalue weighted by Crippen LogP contribution is -2.36. The highest BCUT2D eigenvalue weighted by Crippen LogP contribution is 2.54. The molecular formula is C27H39ClO4. The number of unbranched alkanes of at least 4 members (excludes halogenated alkanes) is 1. The lowest BCUT2D eigenvalue weighted by molar-refractivity contribution is -0.140. The molecule has 3 rings (SSSR count). The second kappa shape index (κ2) is 11.7. The highest BCUT2D eigenvalue weighted by Gasteiger charge is 2.44. The third-order valence-corrected chi connectivity index (χ3v) is 8.15. The Morgan fingerprint density at radius 2 is 2.12 bits per heavy atom. The van der Waals surface area contributed by atoms with Gasteiger partial charge in [0.25, 0.3) is 0 Å². The lowest BCUT2D eigenvalue weighted by Gasteiger charge is -2.46. The van der Waals surface area contributed by atoms with Crippen molar-refractivity contribution >= 4 is 17.6 Å². The Hall–Kier alpha value is -1.36. The first-order valence-corrected chi connectivity index (χ1v) is 12.7. The average molecular weight is 463 g/mol. The largest absolute Gasteiger partial charge is 0.469 e. The number of ether oxygens (including phenoxy) is 1. The number of carbonyl (C=O) groups is 1. The first-order valence-electron chi connectivity index (χ1n) is 12.2. The van der Waals surface area contributed by atoms with Gasteiger partial charge < -0.3 is 14.9 Å². The summed E-state index contributed by atoms with van der Waals surface area (Å²) in [5.74, 6) is -0.0694. The average Bonchev–Trinajstić information content (AvgIpc) is 3.05. The van der Waals surface area contributed by atoms with Crippen LogP contribution in [0.3, 0.4) is 0 Å². The van der Waals surface area contributed by atoms with Gasteiger partial charge in [-0.1, -0.05) is 56.2 Å². The van der Waals surface area contributed by atoms with Crippen LogP contribution in [0, 0.1) is 11.3 Å². The maximum atomic E-state index is 11.2. The van der Waals surface area contributed by atoms with E-state index in [0.29, 0.717) is 12.8 Å². The van der Waals surface area contributed by atoms with Crippen LogP contribution in [0.5, 0.6) is 0 Å². The van der Waals surface area contributed by atoms with Crippen molar-refractivity contribution in [3.63, 3.8) is 0 Å². The summed E-state index contributed by atoms with van der Waals surface area (Å²) in [6.45, 7) is 2.19. The highest BCUT2D eigenvalue weighted by atomic mass is 35.5. The van der Waals surface area contributed by atoms with Crippen LogP contribution >= 0.6 is 11.6 Å². The van der Waals surface area contributed by atoms with Crippen LogP contribution in [0.15, 0.2) is 36.4 Å². The van der Waals surface area contributed by atoms with E-state index in [0.717, 1.165) is 56.1 Å². The number of rotatable bonds is 11. The van der Waals surface area contributed by atoms with Gasteiger partial charge in [-0.2, -0.15) is 0 Å². The molecule has 0 amide bonds. The van der Waals surface area contributed by atoms with E-state index in [1.54, 1.807) is 0 Å². The number of allylic oxidation sites excluding steroid dienone is 2. The predicted molar refractivity (Wildman–Crippen MR) is 129 cm³/mol. The normalized spacial score (nSPS) is 27.9. The molecule has 32 heavy (non-hydrogen) atoms. The van der Waals surface area contributed by atoms with Gasteiger partial charge >= 0.3 is 5.97 Å². The van der Waals surface area contributed by atoms with Gasteiger partial charge in [-0.15, -0.1) is 11.6 Å². The summed E-state index contributed by atoms with van der Waals surface area (Å²) in [6, 6.07) is 8.22. The first kappa shape index (κ1) is 25.3. The number of esters is 1. The number of carbonyl (C=O) groups excluding carboxylic acids is 1. The third kappa shape index (κ3) is 5.76. The number of aliphatic hydroxyl groups is 2. The van der Waals surface area contributed by atoms with Crippen molar-refractivity contribution < 1.29 is 19.7 Å². The van der Waals surface area contributed by atoms with Crippen molar-refractivity contribution in [2.45, 2.75) is 94.6 Å². The summed E-state index contributed by atoms with van der Waals surface area (Å²) in [6.07, 6.45) is 12.2. The van der Waals surface area contributed by atoms with Crippen LogP contribution in [-0.4, -0.2) is 34.8 Å². The number of methoxy groups -OCH3 is 1. The molecule has 1 aromatic carbocycles. The Balaban J connectivity index is 1.68. The van der Waals surface area contributed by atoms with Crippen molar-refractivity contribution in [2.24, 2.45) is 11.3 Å². The van der Waals surface area contributed by atoms with E-state index >= 15 is 0 Å². The fourth-order valence-corrected chi connectivity index (χ4v) is 6.18. The molecule has 2 N–H and O–H groups in total. The number of aliphatic hydroxyl groups excluding tert-OH is 2. The van der Waals surface area contributed by atoms with Crippen molar-refractivity contribution in [3.05, 3.63) is 47.5 Å². The van der Waals surface area contributed by atoms with Gasteiger partial charge in [0, 0.05) is 23.1 Å². The molecule has 0 bridgehead atoms. The molecule has 0 saturated heterocycles. The summed E-state index contributed by atoms with van der Waals surface area (Å²) in [5.41, 5.74) is 2.06. The second-order valence-electron chi connectivity index (χ2n) is 9.72. The van der Waals surface area contributed by atoms with Gasteiger partial charge in [0.2, 0.25) is 0 Å². The van der Waals surface area contributed by atoms with Crippen molar-refractivity contribution in [2.75, 3.05) is 7.11 Å². The maximum Gasteiger partial charge on any atom is 0.305 e. The highest BCUT2D eigenvalue weighted by molar-refractivity contribution is 6.21. The maximum absolute atomic E-state index is 11.2. The van der Waals surface area contributed by atoms with Crippen LogP contribution in [0.2, 0.25) is 0 Å². The number of hydrogen-bond acceptors (Lipinski definition) is 4. The van der Waals surface area contributed by atoms with Gasteiger partial charge in [0.15, 0.2) is 0 Å². The van der Waals surface area contributed by atoms with Crippen LogP contribution in [0.1, 0.15) is 94.3 Å². The zero-order chi connectivity index (χ0) is 23.1. The van der Waals surface area contributed by atoms with E-state index < -0.39 is 12.2 Å². The minimum atomic E-state index is -0.476. The molecule has 2 aliphatic rings. The van der Waals surface area contributed by atoms with Gasteiger partial charge in [-0.3, -0.25) is 4.79 Å². The molecule has 1 aromatic rings. The fraction of sp³-hybridized carbons (Fsp3) is 0.667. The molecule has 0 spiro atoms. The van der Waals surface area contributed by atoms with E-state index in [2.05, 4.69) is 35.9 Å². The summed E-state index contributed by atoms with van der Waals surface area (Å²) in [4.78, 5) is 11.2. The molecule has 1 unspecified atom stereocenters. The SMILES string of the molecule is CCCC1(C(O)c2cccc([C@@H]3[C@@H](C/C=C\CCCC(=O)OC)[C@@H](Cl)C[C@H]3O)c2)CCC1. The second-order valence-corrected chi connectivity index (χ2v) is 10.3. The van der Waals surface area contributed by atoms with Gasteiger partial charge in [-0.05, 0) is 62.0 Å². The molecule has 0 heterocycles. The van der Waals surface area contributed by atoms with Crippen molar-refractivity contribution in [1.82, 2.24) is 0 Å². The predicted octanol–water partition coefficient (Wildman–Crippen LogP) is 6.05. The van der Waals surface area contributed by atoms with Crippen LogP contribution in [-0.2, 0) is 9.53 Å². The fourth-order valence-electron chi connectivity index (χ4n) is 5.74. The standard InChI is InChI=1S/C27H39ClO4/c1-3-14-27(15-9-16-27)26(31)20-11-8-10-19(17-20)25-21(22(28)18-23(25)29)12-6-4-5-7-13-24(30)32-2/h4,6,8,10-11,17,21-23,25-26,29,31H,3,5,7,9,12-16,18H2,1-2H3/b6-4-/t21-,22-,23+,25+,26?/m0/s1. The Kier molecular flexibility index (Phi) is 9.22. The molecular weight excluding hydrogens is 424 g/mol. The third-order valence-electron chi connectivity index (χ3n) is 7.65. The summed E-state index contributed by atoms with van der Waals surface area (Å²) >= 11 is 6.66. The van der Waals surface area contributed by atoms with Crippen LogP contribution in [0.4, 0.5) is 0 Å². The summed E-state index contributed by atoms with van der Waals surface area (Å²) in [7, 11) is 1.41. The Morgan fingerprint density at radius 1 is 1.34 bits per heavy atom. The lowest BCUT2D eigenvalue weighted by atomic mass is 9.61. The van der Waals surface area contributed by atoms with Gasteiger partial charge in [-0.25, -0.2) is 0 Å². The molecule has 0 aliphatic heterocycles. The Bertz CT molecular complexity index is 773. The number of halogens is 1. The molecule has 0 radical (unpaired) electrons. The smallest absolute Gasteiger partial charge is 0.305 e. The van der Waals surface area contributed by atoms with E-state index in [1.165, 1.54) is 13.5 Å². The molecule has 0 aromatic heterocycles. The van der Waals surface area contributed by atoms with Crippen LogP contribution in [0.25, 0.3) is 0 Å². The summed E-state index contributed by atoms with van der Waals surface area (Å²) < 4.78 is 4.67. The van der Waals surface area contributed by atoms with Gasteiger partial charge in [0.05, 0.1) is 19.3 Å². The topological polar surface area (TPSA) is 66.8 Å². The number of hydrogen-bond donors (Lipinski definition) is 2. The first-order chi connectivity index (χ1) is 15.4. The molecule has 5 heteroatoms. The van der Waals surface area contributed by atoms with Crippen LogP contribution < -0.4 is 0 Å². The number of benzene rings is 1. The summed E-state index contributed by atoms with van der Waals surface area (Å²) in [5, 5.41) is 22.0. The molecule has 5 atom stereocenters. The molecule has 2 aliphatic carbocycles. The monoisotopic (exact) mass is 462 g/mol. The molecule has 2 fully saturated rings. The molecule has 2 saturated carbocycles. The molecule has 4 nitrogen and oxygen atoms in total. The number of alkyl halides is 1. The zero-order valence-electron chi connectivity index (χ0n) is 19.5. The van der Waals surface area contributed by atoms with Crippen molar-refractivity contribution in [1.29, 1.82) is 0 Å². The quantitative estimate of drug-likeness (QED) is 0.182. The van der Waals surface area contributed by atoms with Gasteiger partial charge in [0.1, 0.15) is 0 Å². The Morgan fingerprint density at radius 3 is 2.78 bits per heavy atom. The van der Waals surface area contributed by atoms with E-state index in [-0.39, 0.29) is 28.6 Å². The van der Waals surface area contributed by atoms with E-state index in [1.807, 2.05) is 12.1 Å². The zero-order valence-corrected chi connectivity index (χ0v) is 20.3. The molecule has 178 valence electrons. The minimum Gasteiger partial charge on any atom is -0.469 e. The van der Waals surface area contributed by atoms with Crippen molar-refractivity contribution in [3.8, 4) is 0 Å².